The van der Waals surface area contributed by atoms with Crippen molar-refractivity contribution in [2.24, 2.45) is 0 Å². The van der Waals surface area contributed by atoms with E-state index in [1.807, 2.05) is 69.3 Å². The predicted octanol–water partition coefficient (Wildman–Crippen LogP) is 5.50. The molecular weight excluding hydrogens is 364 g/mol. The lowest BCUT2D eigenvalue weighted by molar-refractivity contribution is 0.0547. The van der Waals surface area contributed by atoms with E-state index in [1.54, 1.807) is 0 Å². The third-order valence-electron chi connectivity index (χ3n) is 4.88. The summed E-state index contributed by atoms with van der Waals surface area (Å²) in [6.45, 7) is 7.57. The number of benzene rings is 2. The fraction of sp³-hybridized carbons (Fsp3) is 0.250. The second-order valence-corrected chi connectivity index (χ2v) is 8.19. The lowest BCUT2D eigenvalue weighted by atomic mass is 10.1. The average molecular weight is 388 g/mol. The first kappa shape index (κ1) is 19.0. The maximum atomic E-state index is 13.1. The number of H-pyrrole nitrogens is 1. The third-order valence-corrected chi connectivity index (χ3v) is 4.88. The van der Waals surface area contributed by atoms with Crippen LogP contribution in [0.15, 0.2) is 59.4 Å². The Labute approximate surface area is 168 Å². The lowest BCUT2D eigenvalue weighted by Gasteiger charge is -2.21. The van der Waals surface area contributed by atoms with Gasteiger partial charge in [-0.15, -0.1) is 0 Å². The average Bonchev–Trinajstić information content (AvgIpc) is 3.04. The highest BCUT2D eigenvalue weighted by atomic mass is 16.6. The molecule has 29 heavy (non-hydrogen) atoms. The Morgan fingerprint density at radius 1 is 1.03 bits per heavy atom. The zero-order valence-electron chi connectivity index (χ0n) is 17.1. The minimum atomic E-state index is -0.649. The molecule has 0 aliphatic heterocycles. The van der Waals surface area contributed by atoms with Gasteiger partial charge in [0.2, 0.25) is 0 Å². The number of nitrogens with zero attached hydrogens (tertiary/aromatic N) is 1. The van der Waals surface area contributed by atoms with Crippen molar-refractivity contribution in [2.75, 3.05) is 0 Å². The van der Waals surface area contributed by atoms with Gasteiger partial charge in [-0.3, -0.25) is 4.79 Å². The summed E-state index contributed by atoms with van der Waals surface area (Å²) in [5.41, 5.74) is 2.71. The van der Waals surface area contributed by atoms with Gasteiger partial charge in [-0.25, -0.2) is 9.36 Å². The smallest absolute Gasteiger partial charge is 0.419 e. The summed E-state index contributed by atoms with van der Waals surface area (Å²) in [7, 11) is 0. The molecule has 0 bridgehead atoms. The van der Waals surface area contributed by atoms with E-state index in [9.17, 15) is 9.59 Å². The second-order valence-electron chi connectivity index (χ2n) is 8.19. The Morgan fingerprint density at radius 3 is 2.52 bits per heavy atom. The molecule has 148 valence electrons. The fourth-order valence-corrected chi connectivity index (χ4v) is 3.52. The molecule has 5 heteroatoms. The van der Waals surface area contributed by atoms with Gasteiger partial charge in [0, 0.05) is 10.9 Å². The second kappa shape index (κ2) is 6.92. The van der Waals surface area contributed by atoms with Crippen molar-refractivity contribution in [3.63, 3.8) is 0 Å². The molecule has 0 fully saturated rings. The normalized spacial score (nSPS) is 11.9. The van der Waals surface area contributed by atoms with E-state index < -0.39 is 11.7 Å². The van der Waals surface area contributed by atoms with Crippen molar-refractivity contribution >= 4 is 27.9 Å². The van der Waals surface area contributed by atoms with Gasteiger partial charge in [-0.1, -0.05) is 31.2 Å². The Morgan fingerprint density at radius 2 is 1.79 bits per heavy atom. The molecule has 5 nitrogen and oxygen atoms in total. The number of carbonyl (C=O) groups is 1. The van der Waals surface area contributed by atoms with Crippen LogP contribution in [0, 0.1) is 0 Å². The Bertz CT molecular complexity index is 1290. The molecule has 2 aromatic carbocycles. The van der Waals surface area contributed by atoms with Crippen molar-refractivity contribution in [2.45, 2.75) is 39.7 Å². The number of ether oxygens (including phenoxy) is 1. The molecule has 0 saturated carbocycles. The van der Waals surface area contributed by atoms with Gasteiger partial charge in [0.1, 0.15) is 5.60 Å². The van der Waals surface area contributed by atoms with E-state index in [0.717, 1.165) is 33.8 Å². The Kier molecular flexibility index (Phi) is 4.53. The number of hydrogen-bond acceptors (Lipinski definition) is 3. The first-order valence-corrected chi connectivity index (χ1v) is 9.77. The highest BCUT2D eigenvalue weighted by molar-refractivity contribution is 5.97. The van der Waals surface area contributed by atoms with Crippen LogP contribution in [-0.2, 0) is 11.2 Å². The van der Waals surface area contributed by atoms with Gasteiger partial charge in [-0.05, 0) is 68.5 Å². The van der Waals surface area contributed by atoms with Crippen LogP contribution in [0.3, 0.4) is 0 Å². The van der Waals surface area contributed by atoms with Crippen LogP contribution in [-0.4, -0.2) is 21.2 Å². The summed E-state index contributed by atoms with van der Waals surface area (Å²) in [6.07, 6.45) is 0.388. The van der Waals surface area contributed by atoms with Crippen LogP contribution in [0.4, 0.5) is 4.79 Å². The number of aryl methyl sites for hydroxylation is 1. The van der Waals surface area contributed by atoms with Crippen LogP contribution in [0.5, 0.6) is 0 Å². The standard InChI is InChI=1S/C24H24N2O3/c1-5-15-10-11-20-17(12-15)14-21(26(20)23(28)29-24(2,3)4)18-13-16-8-6-7-9-19(16)25-22(18)27/h6-14H,5H2,1-4H3,(H,25,27). The summed E-state index contributed by atoms with van der Waals surface area (Å²) in [5.74, 6) is 0. The van der Waals surface area contributed by atoms with Crippen LogP contribution < -0.4 is 5.56 Å². The van der Waals surface area contributed by atoms with E-state index in [1.165, 1.54) is 4.57 Å². The van der Waals surface area contributed by atoms with Gasteiger partial charge < -0.3 is 9.72 Å². The first-order valence-electron chi connectivity index (χ1n) is 9.77. The van der Waals surface area contributed by atoms with E-state index in [-0.39, 0.29) is 5.56 Å². The highest BCUT2D eigenvalue weighted by Gasteiger charge is 2.24. The molecular formula is C24H24N2O3. The van der Waals surface area contributed by atoms with Crippen molar-refractivity contribution in [1.29, 1.82) is 0 Å². The number of pyridine rings is 1. The van der Waals surface area contributed by atoms with Crippen molar-refractivity contribution in [3.05, 3.63) is 70.5 Å². The lowest BCUT2D eigenvalue weighted by Crippen LogP contribution is -2.28. The molecule has 0 unspecified atom stereocenters. The summed E-state index contributed by atoms with van der Waals surface area (Å²) in [4.78, 5) is 28.9. The number of para-hydroxylation sites is 1. The zero-order chi connectivity index (χ0) is 20.8. The van der Waals surface area contributed by atoms with Crippen LogP contribution in [0.25, 0.3) is 33.1 Å². The third kappa shape index (κ3) is 3.56. The summed E-state index contributed by atoms with van der Waals surface area (Å²) >= 11 is 0. The van der Waals surface area contributed by atoms with Gasteiger partial charge in [0.25, 0.3) is 5.56 Å². The fourth-order valence-electron chi connectivity index (χ4n) is 3.52. The molecule has 0 saturated heterocycles. The highest BCUT2D eigenvalue weighted by Crippen LogP contribution is 2.30. The van der Waals surface area contributed by atoms with E-state index in [2.05, 4.69) is 18.0 Å². The van der Waals surface area contributed by atoms with Crippen LogP contribution in [0.2, 0.25) is 0 Å². The van der Waals surface area contributed by atoms with Gasteiger partial charge in [0.15, 0.2) is 0 Å². The molecule has 0 amide bonds. The number of carbonyl (C=O) groups excluding carboxylic acids is 1. The predicted molar refractivity (Wildman–Crippen MR) is 117 cm³/mol. The number of rotatable bonds is 2. The maximum Gasteiger partial charge on any atom is 0.419 e. The molecule has 4 rings (SSSR count). The Hall–Kier alpha value is -3.34. The van der Waals surface area contributed by atoms with Gasteiger partial charge in [-0.2, -0.15) is 0 Å². The number of aromatic nitrogens is 2. The molecule has 4 aromatic rings. The molecule has 0 radical (unpaired) electrons. The zero-order valence-corrected chi connectivity index (χ0v) is 17.1. The number of fused-ring (bicyclic) bond motifs is 2. The quantitative estimate of drug-likeness (QED) is 0.493. The van der Waals surface area contributed by atoms with Crippen molar-refractivity contribution < 1.29 is 9.53 Å². The van der Waals surface area contributed by atoms with Crippen LogP contribution in [0.1, 0.15) is 33.3 Å². The van der Waals surface area contributed by atoms with Crippen molar-refractivity contribution in [3.8, 4) is 11.3 Å². The maximum absolute atomic E-state index is 13.1. The SMILES string of the molecule is CCc1ccc2c(c1)cc(-c1cc3ccccc3[nH]c1=O)n2C(=O)OC(C)(C)C. The molecule has 2 aromatic heterocycles. The summed E-state index contributed by atoms with van der Waals surface area (Å²) in [6, 6.07) is 17.3. The van der Waals surface area contributed by atoms with Crippen molar-refractivity contribution in [1.82, 2.24) is 9.55 Å². The van der Waals surface area contributed by atoms with Crippen LogP contribution >= 0.6 is 0 Å². The molecule has 0 aliphatic carbocycles. The molecule has 1 N–H and O–H groups in total. The van der Waals surface area contributed by atoms with E-state index in [0.29, 0.717) is 11.3 Å². The monoisotopic (exact) mass is 388 g/mol. The van der Waals surface area contributed by atoms with E-state index in [4.69, 9.17) is 4.74 Å². The molecule has 0 spiro atoms. The Balaban J connectivity index is 2.00. The van der Waals surface area contributed by atoms with Gasteiger partial charge in [0.05, 0.1) is 16.8 Å². The summed E-state index contributed by atoms with van der Waals surface area (Å²) in [5, 5.41) is 1.80. The minimum Gasteiger partial charge on any atom is -0.443 e. The minimum absolute atomic E-state index is 0.243. The number of hydrogen-bond donors (Lipinski definition) is 1. The first-order chi connectivity index (χ1) is 13.8. The van der Waals surface area contributed by atoms with E-state index >= 15 is 0 Å². The number of aromatic amines is 1. The molecule has 0 atom stereocenters. The topological polar surface area (TPSA) is 64.1 Å². The van der Waals surface area contributed by atoms with Gasteiger partial charge >= 0.3 is 6.09 Å². The molecule has 2 heterocycles. The largest absolute Gasteiger partial charge is 0.443 e. The molecule has 0 aliphatic rings. The summed E-state index contributed by atoms with van der Waals surface area (Å²) < 4.78 is 7.15. The number of nitrogens with one attached hydrogen (secondary N) is 1.